The summed E-state index contributed by atoms with van der Waals surface area (Å²) >= 11 is 5.74. The number of anilines is 1. The summed E-state index contributed by atoms with van der Waals surface area (Å²) in [6.07, 6.45) is 1.60. The SMILES string of the molecule is Fc1ccccc1C1CC(Nc2cccc(Cl)c2F)C1. The highest BCUT2D eigenvalue weighted by molar-refractivity contribution is 6.31. The van der Waals surface area contributed by atoms with Gasteiger partial charge in [-0.1, -0.05) is 35.9 Å². The molecule has 0 heterocycles. The van der Waals surface area contributed by atoms with E-state index in [2.05, 4.69) is 5.32 Å². The molecule has 1 fully saturated rings. The van der Waals surface area contributed by atoms with E-state index in [1.54, 1.807) is 18.2 Å². The molecular weight excluding hydrogens is 280 g/mol. The molecule has 4 heteroatoms. The third kappa shape index (κ3) is 2.50. The molecule has 1 aliphatic rings. The number of nitrogens with one attached hydrogen (secondary N) is 1. The summed E-state index contributed by atoms with van der Waals surface area (Å²) in [6.45, 7) is 0. The standard InChI is InChI=1S/C16H14ClF2N/c17-13-5-3-7-15(16(13)19)20-11-8-10(9-11)12-4-1-2-6-14(12)18/h1-7,10-11,20H,8-9H2. The lowest BCUT2D eigenvalue weighted by atomic mass is 9.75. The summed E-state index contributed by atoms with van der Waals surface area (Å²) in [5.74, 6) is -0.385. The van der Waals surface area contributed by atoms with Gasteiger partial charge in [-0.3, -0.25) is 0 Å². The Bertz CT molecular complexity index is 624. The fourth-order valence-electron chi connectivity index (χ4n) is 2.63. The number of rotatable bonds is 3. The van der Waals surface area contributed by atoms with E-state index in [-0.39, 0.29) is 22.8 Å². The van der Waals surface area contributed by atoms with Crippen LogP contribution in [0.15, 0.2) is 42.5 Å². The van der Waals surface area contributed by atoms with Crippen molar-refractivity contribution in [2.75, 3.05) is 5.32 Å². The van der Waals surface area contributed by atoms with Crippen molar-refractivity contribution in [2.24, 2.45) is 0 Å². The largest absolute Gasteiger partial charge is 0.380 e. The Morgan fingerprint density at radius 1 is 1.00 bits per heavy atom. The van der Waals surface area contributed by atoms with Gasteiger partial charge in [0.25, 0.3) is 0 Å². The number of hydrogen-bond acceptors (Lipinski definition) is 1. The van der Waals surface area contributed by atoms with E-state index in [0.717, 1.165) is 18.4 Å². The lowest BCUT2D eigenvalue weighted by Gasteiger charge is -2.37. The molecule has 1 saturated carbocycles. The van der Waals surface area contributed by atoms with Crippen molar-refractivity contribution in [3.8, 4) is 0 Å². The third-order valence-electron chi connectivity index (χ3n) is 3.79. The first-order chi connectivity index (χ1) is 9.65. The summed E-state index contributed by atoms with van der Waals surface area (Å²) < 4.78 is 27.4. The zero-order valence-electron chi connectivity index (χ0n) is 10.7. The van der Waals surface area contributed by atoms with Crippen molar-refractivity contribution in [1.29, 1.82) is 0 Å². The van der Waals surface area contributed by atoms with Crippen molar-refractivity contribution >= 4 is 17.3 Å². The van der Waals surface area contributed by atoms with Crippen LogP contribution >= 0.6 is 11.6 Å². The smallest absolute Gasteiger partial charge is 0.164 e. The Balaban J connectivity index is 1.64. The van der Waals surface area contributed by atoms with Gasteiger partial charge in [-0.05, 0) is 42.5 Å². The molecule has 20 heavy (non-hydrogen) atoms. The molecule has 0 amide bonds. The minimum absolute atomic E-state index is 0.111. The van der Waals surface area contributed by atoms with Gasteiger partial charge in [-0.15, -0.1) is 0 Å². The first-order valence-electron chi connectivity index (χ1n) is 6.60. The Kier molecular flexibility index (Phi) is 3.62. The van der Waals surface area contributed by atoms with Gasteiger partial charge in [-0.25, -0.2) is 8.78 Å². The quantitative estimate of drug-likeness (QED) is 0.842. The Hall–Kier alpha value is -1.61. The summed E-state index contributed by atoms with van der Waals surface area (Å²) in [7, 11) is 0. The number of halogens is 3. The molecule has 0 unspecified atom stereocenters. The van der Waals surface area contributed by atoms with Gasteiger partial charge in [0.2, 0.25) is 0 Å². The van der Waals surface area contributed by atoms with Crippen LogP contribution in [0.5, 0.6) is 0 Å². The van der Waals surface area contributed by atoms with Crippen LogP contribution in [-0.2, 0) is 0 Å². The van der Waals surface area contributed by atoms with Gasteiger partial charge in [0.1, 0.15) is 5.82 Å². The van der Waals surface area contributed by atoms with Crippen LogP contribution in [0.1, 0.15) is 24.3 Å². The molecule has 0 saturated heterocycles. The van der Waals surface area contributed by atoms with Crippen molar-refractivity contribution in [1.82, 2.24) is 0 Å². The maximum atomic E-state index is 13.8. The summed E-state index contributed by atoms with van der Waals surface area (Å²) in [5, 5.41) is 3.24. The van der Waals surface area contributed by atoms with Crippen LogP contribution in [-0.4, -0.2) is 6.04 Å². The van der Waals surface area contributed by atoms with Crippen molar-refractivity contribution in [3.63, 3.8) is 0 Å². The average Bonchev–Trinajstić information content (AvgIpc) is 2.39. The van der Waals surface area contributed by atoms with Crippen LogP contribution in [0.25, 0.3) is 0 Å². The van der Waals surface area contributed by atoms with Gasteiger partial charge in [0, 0.05) is 6.04 Å². The lowest BCUT2D eigenvalue weighted by molar-refractivity contribution is 0.362. The highest BCUT2D eigenvalue weighted by Crippen LogP contribution is 2.40. The fraction of sp³-hybridized carbons (Fsp3) is 0.250. The third-order valence-corrected chi connectivity index (χ3v) is 4.09. The fourth-order valence-corrected chi connectivity index (χ4v) is 2.81. The monoisotopic (exact) mass is 293 g/mol. The Morgan fingerprint density at radius 2 is 1.75 bits per heavy atom. The summed E-state index contributed by atoms with van der Waals surface area (Å²) in [4.78, 5) is 0. The normalized spacial score (nSPS) is 21.4. The molecule has 104 valence electrons. The second-order valence-electron chi connectivity index (χ2n) is 5.13. The molecule has 0 aromatic heterocycles. The predicted molar refractivity (Wildman–Crippen MR) is 77.2 cm³/mol. The zero-order chi connectivity index (χ0) is 14.1. The highest BCUT2D eigenvalue weighted by atomic mass is 35.5. The summed E-state index contributed by atoms with van der Waals surface area (Å²) in [6, 6.07) is 11.9. The van der Waals surface area contributed by atoms with Gasteiger partial charge < -0.3 is 5.32 Å². The zero-order valence-corrected chi connectivity index (χ0v) is 11.5. The van der Waals surface area contributed by atoms with E-state index in [9.17, 15) is 8.78 Å². The van der Waals surface area contributed by atoms with Crippen LogP contribution in [0.4, 0.5) is 14.5 Å². The number of hydrogen-bond donors (Lipinski definition) is 1. The Labute approximate surface area is 121 Å². The van der Waals surface area contributed by atoms with Gasteiger partial charge in [-0.2, -0.15) is 0 Å². The highest BCUT2D eigenvalue weighted by Gasteiger charge is 2.32. The average molecular weight is 294 g/mol. The molecule has 0 bridgehead atoms. The first kappa shape index (κ1) is 13.4. The molecule has 1 N–H and O–H groups in total. The number of benzene rings is 2. The minimum atomic E-state index is -0.427. The molecule has 3 rings (SSSR count). The van der Waals surface area contributed by atoms with E-state index in [1.165, 1.54) is 12.1 Å². The molecule has 2 aromatic rings. The van der Waals surface area contributed by atoms with Crippen LogP contribution in [0.2, 0.25) is 5.02 Å². The molecule has 0 atom stereocenters. The van der Waals surface area contributed by atoms with Crippen LogP contribution in [0.3, 0.4) is 0 Å². The second kappa shape index (κ2) is 5.41. The molecule has 2 aromatic carbocycles. The summed E-state index contributed by atoms with van der Waals surface area (Å²) in [5.41, 5.74) is 1.16. The maximum absolute atomic E-state index is 13.8. The van der Waals surface area contributed by atoms with E-state index < -0.39 is 5.82 Å². The van der Waals surface area contributed by atoms with Gasteiger partial charge in [0.05, 0.1) is 10.7 Å². The maximum Gasteiger partial charge on any atom is 0.164 e. The van der Waals surface area contributed by atoms with Crippen LogP contribution < -0.4 is 5.32 Å². The minimum Gasteiger partial charge on any atom is -0.380 e. The van der Waals surface area contributed by atoms with Gasteiger partial charge >= 0.3 is 0 Å². The molecular formula is C16H14ClF2N. The van der Waals surface area contributed by atoms with E-state index in [1.807, 2.05) is 12.1 Å². The van der Waals surface area contributed by atoms with Crippen LogP contribution in [0, 0.1) is 11.6 Å². The van der Waals surface area contributed by atoms with Gasteiger partial charge in [0.15, 0.2) is 5.82 Å². The first-order valence-corrected chi connectivity index (χ1v) is 6.98. The molecule has 1 nitrogen and oxygen atoms in total. The van der Waals surface area contributed by atoms with Crippen molar-refractivity contribution in [2.45, 2.75) is 24.8 Å². The van der Waals surface area contributed by atoms with E-state index in [0.29, 0.717) is 5.69 Å². The molecule has 0 spiro atoms. The second-order valence-corrected chi connectivity index (χ2v) is 5.54. The van der Waals surface area contributed by atoms with Crippen molar-refractivity contribution in [3.05, 3.63) is 64.7 Å². The lowest BCUT2D eigenvalue weighted by Crippen LogP contribution is -2.34. The topological polar surface area (TPSA) is 12.0 Å². The van der Waals surface area contributed by atoms with E-state index >= 15 is 0 Å². The van der Waals surface area contributed by atoms with E-state index in [4.69, 9.17) is 11.6 Å². The predicted octanol–water partition coefficient (Wildman–Crippen LogP) is 4.98. The molecule has 0 radical (unpaired) electrons. The molecule has 0 aliphatic heterocycles. The van der Waals surface area contributed by atoms with Crippen molar-refractivity contribution < 1.29 is 8.78 Å². The molecule has 1 aliphatic carbocycles. The Morgan fingerprint density at radius 3 is 2.50 bits per heavy atom.